The van der Waals surface area contributed by atoms with E-state index in [2.05, 4.69) is 26.1 Å². The van der Waals surface area contributed by atoms with Crippen molar-refractivity contribution in [2.75, 3.05) is 10.2 Å². The number of halogens is 2. The molecule has 1 aromatic heterocycles. The van der Waals surface area contributed by atoms with Gasteiger partial charge in [-0.25, -0.2) is 4.90 Å². The Morgan fingerprint density at radius 3 is 2.07 bits per heavy atom. The molecular formula is C32H27Cl2N3O4S2. The van der Waals surface area contributed by atoms with E-state index in [1.165, 1.54) is 21.2 Å². The molecule has 3 atom stereocenters. The number of rotatable bonds is 5. The van der Waals surface area contributed by atoms with Crippen LogP contribution in [-0.4, -0.2) is 27.5 Å². The van der Waals surface area contributed by atoms with E-state index < -0.39 is 23.0 Å². The molecule has 3 aromatic carbocycles. The van der Waals surface area contributed by atoms with Crippen molar-refractivity contribution in [1.82, 2.24) is 4.57 Å². The van der Waals surface area contributed by atoms with Crippen LogP contribution in [-0.2, 0) is 26.3 Å². The smallest absolute Gasteiger partial charge is 0.308 e. The Morgan fingerprint density at radius 1 is 0.860 bits per heavy atom. The van der Waals surface area contributed by atoms with Crippen LogP contribution in [0.3, 0.4) is 0 Å². The van der Waals surface area contributed by atoms with Gasteiger partial charge in [0.15, 0.2) is 0 Å². The highest BCUT2D eigenvalue weighted by Gasteiger charge is 2.56. The van der Waals surface area contributed by atoms with Crippen LogP contribution in [0.2, 0.25) is 10.0 Å². The molecule has 0 saturated carbocycles. The van der Waals surface area contributed by atoms with Gasteiger partial charge in [0, 0.05) is 26.5 Å². The average molecular weight is 653 g/mol. The maximum Gasteiger partial charge on any atom is 0.308 e. The van der Waals surface area contributed by atoms with Gasteiger partial charge >= 0.3 is 4.87 Å². The first kappa shape index (κ1) is 29.7. The minimum atomic E-state index is -0.775. The molecule has 0 radical (unpaired) electrons. The Labute approximate surface area is 266 Å². The third-order valence-electron chi connectivity index (χ3n) is 7.70. The number of hydrogen-bond donors (Lipinski definition) is 1. The van der Waals surface area contributed by atoms with Crippen LogP contribution in [0.1, 0.15) is 42.7 Å². The van der Waals surface area contributed by atoms with Crippen LogP contribution in [0.4, 0.5) is 11.4 Å². The number of benzene rings is 3. The zero-order chi connectivity index (χ0) is 30.6. The lowest BCUT2D eigenvalue weighted by molar-refractivity contribution is -0.122. The van der Waals surface area contributed by atoms with Crippen molar-refractivity contribution in [1.29, 1.82) is 0 Å². The number of anilines is 2. The van der Waals surface area contributed by atoms with Crippen molar-refractivity contribution >= 4 is 75.4 Å². The Kier molecular flexibility index (Phi) is 7.79. The van der Waals surface area contributed by atoms with E-state index in [1.54, 1.807) is 48.5 Å². The fraction of sp³-hybridized carbons (Fsp3) is 0.250. The molecule has 0 aliphatic carbocycles. The standard InChI is InChI=1S/C32H27Cl2N3O4S2/c1-32(2,3)18-6-4-17(5-7-18)24-25-26(29(40)37(28(25)39)22-14-10-20(34)11-15-22)42-30-27(24)43-31(41)36(30)16-23(38)35-21-12-8-19(33)9-13-21/h4-15,24-26H,16H2,1-3H3,(H,35,38)/t24-,25-,26+/m0/s1. The Balaban J connectivity index is 1.41. The van der Waals surface area contributed by atoms with Gasteiger partial charge in [0.2, 0.25) is 17.7 Å². The van der Waals surface area contributed by atoms with Gasteiger partial charge in [0.25, 0.3) is 0 Å². The molecule has 7 nitrogen and oxygen atoms in total. The van der Waals surface area contributed by atoms with E-state index in [4.69, 9.17) is 23.2 Å². The summed E-state index contributed by atoms with van der Waals surface area (Å²) in [5.41, 5.74) is 2.87. The Hall–Kier alpha value is -3.37. The molecule has 220 valence electrons. The predicted molar refractivity (Wildman–Crippen MR) is 173 cm³/mol. The summed E-state index contributed by atoms with van der Waals surface area (Å²) in [4.78, 5) is 56.0. The van der Waals surface area contributed by atoms with Crippen LogP contribution in [0.5, 0.6) is 0 Å². The van der Waals surface area contributed by atoms with Gasteiger partial charge in [-0.1, -0.05) is 91.3 Å². The second-order valence-corrected chi connectivity index (χ2v) is 14.6. The van der Waals surface area contributed by atoms with E-state index in [0.717, 1.165) is 22.5 Å². The van der Waals surface area contributed by atoms with Gasteiger partial charge < -0.3 is 5.32 Å². The zero-order valence-corrected chi connectivity index (χ0v) is 26.6. The number of thioether (sulfide) groups is 1. The van der Waals surface area contributed by atoms with E-state index in [0.29, 0.717) is 31.3 Å². The largest absolute Gasteiger partial charge is 0.325 e. The maximum atomic E-state index is 14.1. The summed E-state index contributed by atoms with van der Waals surface area (Å²) in [6, 6.07) is 21.3. The normalized spacial score (nSPS) is 19.7. The molecule has 1 fully saturated rings. The molecule has 1 saturated heterocycles. The van der Waals surface area contributed by atoms with E-state index in [-0.39, 0.29) is 28.6 Å². The third-order valence-corrected chi connectivity index (χ3v) is 10.8. The quantitative estimate of drug-likeness (QED) is 0.236. The SMILES string of the molecule is CC(C)(C)c1ccc([C@@H]2c3sc(=O)n(CC(=O)Nc4ccc(Cl)cc4)c3S[C@H]3C(=O)N(c4ccc(Cl)cc4)C(=O)[C@@H]23)cc1. The number of carbonyl (C=O) groups excluding carboxylic acids is 3. The molecule has 3 amide bonds. The molecule has 2 aliphatic rings. The molecule has 4 aromatic rings. The van der Waals surface area contributed by atoms with Gasteiger partial charge in [0.1, 0.15) is 11.8 Å². The third kappa shape index (κ3) is 5.55. The fourth-order valence-corrected chi connectivity index (χ4v) is 8.55. The van der Waals surface area contributed by atoms with Gasteiger partial charge in [0.05, 0.1) is 16.6 Å². The van der Waals surface area contributed by atoms with Gasteiger partial charge in [-0.05, 0) is 65.1 Å². The molecule has 3 heterocycles. The Bertz CT molecular complexity index is 1790. The minimum absolute atomic E-state index is 0.0786. The monoisotopic (exact) mass is 651 g/mol. The van der Waals surface area contributed by atoms with Crippen LogP contribution >= 0.6 is 46.3 Å². The molecule has 0 spiro atoms. The van der Waals surface area contributed by atoms with Crippen LogP contribution in [0.15, 0.2) is 82.6 Å². The molecule has 43 heavy (non-hydrogen) atoms. The number of fused-ring (bicyclic) bond motifs is 2. The van der Waals surface area contributed by atoms with E-state index >= 15 is 0 Å². The minimum Gasteiger partial charge on any atom is -0.325 e. The number of hydrogen-bond acceptors (Lipinski definition) is 6. The van der Waals surface area contributed by atoms with Crippen molar-refractivity contribution in [3.8, 4) is 0 Å². The van der Waals surface area contributed by atoms with Crippen molar-refractivity contribution in [2.45, 2.75) is 48.9 Å². The summed E-state index contributed by atoms with van der Waals surface area (Å²) in [6.07, 6.45) is 0. The number of carbonyl (C=O) groups is 3. The predicted octanol–water partition coefficient (Wildman–Crippen LogP) is 6.95. The van der Waals surface area contributed by atoms with Crippen molar-refractivity contribution in [3.05, 3.63) is 109 Å². The lowest BCUT2D eigenvalue weighted by Crippen LogP contribution is -2.33. The van der Waals surface area contributed by atoms with Gasteiger partial charge in [-0.3, -0.25) is 23.7 Å². The first-order chi connectivity index (χ1) is 20.4. The first-order valence-corrected chi connectivity index (χ1v) is 16.1. The van der Waals surface area contributed by atoms with Crippen molar-refractivity contribution in [2.24, 2.45) is 5.92 Å². The van der Waals surface area contributed by atoms with Crippen LogP contribution in [0, 0.1) is 5.92 Å². The number of imide groups is 1. The van der Waals surface area contributed by atoms with Crippen molar-refractivity contribution < 1.29 is 14.4 Å². The second-order valence-electron chi connectivity index (χ2n) is 11.6. The topological polar surface area (TPSA) is 88.5 Å². The van der Waals surface area contributed by atoms with Crippen LogP contribution < -0.4 is 15.1 Å². The van der Waals surface area contributed by atoms with Gasteiger partial charge in [-0.15, -0.1) is 0 Å². The molecule has 11 heteroatoms. The summed E-state index contributed by atoms with van der Waals surface area (Å²) >= 11 is 14.2. The lowest BCUT2D eigenvalue weighted by Gasteiger charge is -2.31. The second kappa shape index (κ2) is 11.3. The van der Waals surface area contributed by atoms with Crippen LogP contribution in [0.25, 0.3) is 0 Å². The average Bonchev–Trinajstić information content (AvgIpc) is 3.40. The van der Waals surface area contributed by atoms with E-state index in [9.17, 15) is 19.2 Å². The molecule has 1 N–H and O–H groups in total. The summed E-state index contributed by atoms with van der Waals surface area (Å²) in [5.74, 6) is -2.35. The lowest BCUT2D eigenvalue weighted by atomic mass is 9.81. The molecule has 0 unspecified atom stereocenters. The highest BCUT2D eigenvalue weighted by Crippen LogP contribution is 2.54. The number of nitrogens with one attached hydrogen (secondary N) is 1. The number of aromatic nitrogens is 1. The molecule has 6 rings (SSSR count). The summed E-state index contributed by atoms with van der Waals surface area (Å²) in [5, 5.41) is 3.59. The Morgan fingerprint density at radius 2 is 1.47 bits per heavy atom. The maximum absolute atomic E-state index is 14.1. The molecule has 2 aliphatic heterocycles. The highest BCUT2D eigenvalue weighted by atomic mass is 35.5. The number of thiazole rings is 1. The van der Waals surface area contributed by atoms with Gasteiger partial charge in [-0.2, -0.15) is 0 Å². The summed E-state index contributed by atoms with van der Waals surface area (Å²) in [6.45, 7) is 6.13. The molecular weight excluding hydrogens is 625 g/mol. The fourth-order valence-electron chi connectivity index (χ4n) is 5.53. The highest BCUT2D eigenvalue weighted by molar-refractivity contribution is 8.00. The summed E-state index contributed by atoms with van der Waals surface area (Å²) < 4.78 is 1.41. The van der Waals surface area contributed by atoms with E-state index in [1.807, 2.05) is 24.3 Å². The number of nitrogens with zero attached hydrogens (tertiary/aromatic N) is 2. The van der Waals surface area contributed by atoms with Crippen molar-refractivity contribution in [3.63, 3.8) is 0 Å². The summed E-state index contributed by atoms with van der Waals surface area (Å²) in [7, 11) is 0. The first-order valence-electron chi connectivity index (χ1n) is 13.6. The zero-order valence-electron chi connectivity index (χ0n) is 23.5. The number of amides is 3. The molecule has 0 bridgehead atoms.